The second kappa shape index (κ2) is 3.88. The number of aromatic nitrogens is 2. The molecule has 0 radical (unpaired) electrons. The maximum absolute atomic E-state index is 4.38. The van der Waals surface area contributed by atoms with Gasteiger partial charge in [-0.25, -0.2) is 4.98 Å². The van der Waals surface area contributed by atoms with Gasteiger partial charge in [0.1, 0.15) is 0 Å². The highest BCUT2D eigenvalue weighted by Gasteiger charge is 1.99. The third-order valence-electron chi connectivity index (χ3n) is 2.18. The number of benzene rings is 1. The van der Waals surface area contributed by atoms with Crippen molar-refractivity contribution in [3.63, 3.8) is 0 Å². The second-order valence-corrected chi connectivity index (χ2v) is 4.01. The molecule has 0 N–H and O–H groups in total. The molecule has 1 aromatic heterocycles. The fourth-order valence-corrected chi connectivity index (χ4v) is 1.51. The fraction of sp³-hybridized carbons (Fsp3) is 0.182. The van der Waals surface area contributed by atoms with E-state index in [2.05, 4.69) is 48.8 Å². The minimum atomic E-state index is 0.284. The zero-order valence-electron chi connectivity index (χ0n) is 7.96. The van der Waals surface area contributed by atoms with E-state index in [4.69, 9.17) is 0 Å². The molecule has 0 saturated carbocycles. The minimum Gasteiger partial charge on any atom is -0.306 e. The summed E-state index contributed by atoms with van der Waals surface area (Å²) >= 11 is 4.38. The first-order valence-electron chi connectivity index (χ1n) is 4.54. The summed E-state index contributed by atoms with van der Waals surface area (Å²) in [5.74, 6) is 0. The highest BCUT2D eigenvalue weighted by Crippen LogP contribution is 2.19. The molecule has 0 saturated heterocycles. The van der Waals surface area contributed by atoms with Gasteiger partial charge in [-0.2, -0.15) is 12.6 Å². The highest BCUT2D eigenvalue weighted by atomic mass is 32.1. The zero-order chi connectivity index (χ0) is 9.97. The molecule has 1 atom stereocenters. The lowest BCUT2D eigenvalue weighted by Crippen LogP contribution is -1.91. The molecule has 0 aliphatic heterocycles. The Morgan fingerprint density at radius 3 is 2.50 bits per heavy atom. The Kier molecular flexibility index (Phi) is 2.59. The molecule has 2 rings (SSSR count). The molecular formula is C11H12N2S. The lowest BCUT2D eigenvalue weighted by Gasteiger charge is -2.06. The van der Waals surface area contributed by atoms with Crippen LogP contribution in [0.1, 0.15) is 17.7 Å². The van der Waals surface area contributed by atoms with Crippen LogP contribution in [-0.2, 0) is 0 Å². The van der Waals surface area contributed by atoms with Gasteiger partial charge in [0, 0.05) is 23.3 Å². The third kappa shape index (κ3) is 1.82. The van der Waals surface area contributed by atoms with E-state index in [0.29, 0.717) is 0 Å². The van der Waals surface area contributed by atoms with E-state index >= 15 is 0 Å². The quantitative estimate of drug-likeness (QED) is 0.745. The Morgan fingerprint density at radius 2 is 2.00 bits per heavy atom. The smallest absolute Gasteiger partial charge is 0.0991 e. The molecule has 14 heavy (non-hydrogen) atoms. The molecule has 0 aliphatic rings. The van der Waals surface area contributed by atoms with E-state index in [1.807, 2.05) is 10.8 Å². The summed E-state index contributed by atoms with van der Waals surface area (Å²) in [5, 5.41) is 0.284. The van der Waals surface area contributed by atoms with Crippen LogP contribution >= 0.6 is 12.6 Å². The standard InChI is InChI=1S/C11H12N2S/c1-9(14)10-2-4-11(5-3-10)13-7-6-12-8-13/h2-9,14H,1H3. The molecule has 72 valence electrons. The van der Waals surface area contributed by atoms with Crippen molar-refractivity contribution < 1.29 is 0 Å². The van der Waals surface area contributed by atoms with Crippen molar-refractivity contribution in [2.24, 2.45) is 0 Å². The Hall–Kier alpha value is -1.22. The van der Waals surface area contributed by atoms with Gasteiger partial charge in [0.15, 0.2) is 0 Å². The van der Waals surface area contributed by atoms with Gasteiger partial charge in [-0.1, -0.05) is 12.1 Å². The maximum atomic E-state index is 4.38. The van der Waals surface area contributed by atoms with Gasteiger partial charge in [0.25, 0.3) is 0 Å². The van der Waals surface area contributed by atoms with E-state index in [-0.39, 0.29) is 5.25 Å². The molecule has 0 spiro atoms. The Labute approximate surface area is 89.0 Å². The van der Waals surface area contributed by atoms with E-state index < -0.39 is 0 Å². The number of hydrogen-bond donors (Lipinski definition) is 1. The number of thiol groups is 1. The van der Waals surface area contributed by atoms with Crippen molar-refractivity contribution in [2.75, 3.05) is 0 Å². The summed E-state index contributed by atoms with van der Waals surface area (Å²) in [6, 6.07) is 8.33. The Balaban J connectivity index is 2.31. The number of imidazole rings is 1. The van der Waals surface area contributed by atoms with Crippen molar-refractivity contribution in [1.29, 1.82) is 0 Å². The first-order valence-corrected chi connectivity index (χ1v) is 5.05. The van der Waals surface area contributed by atoms with Crippen LogP contribution in [0.2, 0.25) is 0 Å². The van der Waals surface area contributed by atoms with Crippen LogP contribution in [0.5, 0.6) is 0 Å². The summed E-state index contributed by atoms with van der Waals surface area (Å²) in [5.41, 5.74) is 2.36. The van der Waals surface area contributed by atoms with Crippen LogP contribution in [0.15, 0.2) is 43.0 Å². The first-order chi connectivity index (χ1) is 6.77. The molecule has 2 aromatic rings. The molecule has 1 heterocycles. The van der Waals surface area contributed by atoms with Crippen LogP contribution in [0.25, 0.3) is 5.69 Å². The minimum absolute atomic E-state index is 0.284. The maximum Gasteiger partial charge on any atom is 0.0991 e. The van der Waals surface area contributed by atoms with Crippen molar-refractivity contribution in [3.8, 4) is 5.69 Å². The van der Waals surface area contributed by atoms with Gasteiger partial charge in [-0.3, -0.25) is 0 Å². The van der Waals surface area contributed by atoms with Gasteiger partial charge >= 0.3 is 0 Å². The molecule has 3 heteroatoms. The van der Waals surface area contributed by atoms with Crippen molar-refractivity contribution in [1.82, 2.24) is 9.55 Å². The summed E-state index contributed by atoms with van der Waals surface area (Å²) in [4.78, 5) is 4.00. The van der Waals surface area contributed by atoms with Gasteiger partial charge in [-0.15, -0.1) is 0 Å². The predicted octanol–water partition coefficient (Wildman–Crippen LogP) is 2.86. The SMILES string of the molecule is CC(S)c1ccc(-n2ccnc2)cc1. The van der Waals surface area contributed by atoms with E-state index in [1.54, 1.807) is 12.5 Å². The molecule has 1 unspecified atom stereocenters. The summed E-state index contributed by atoms with van der Waals surface area (Å²) < 4.78 is 1.98. The summed E-state index contributed by atoms with van der Waals surface area (Å²) in [6.45, 7) is 2.06. The number of rotatable bonds is 2. The first kappa shape index (κ1) is 9.34. The molecule has 2 nitrogen and oxygen atoms in total. The van der Waals surface area contributed by atoms with Crippen molar-refractivity contribution >= 4 is 12.6 Å². The molecule has 0 bridgehead atoms. The molecule has 0 amide bonds. The van der Waals surface area contributed by atoms with Gasteiger partial charge < -0.3 is 4.57 Å². The lowest BCUT2D eigenvalue weighted by molar-refractivity contribution is 1.04. The average molecular weight is 204 g/mol. The highest BCUT2D eigenvalue weighted by molar-refractivity contribution is 7.80. The van der Waals surface area contributed by atoms with Gasteiger partial charge in [0.05, 0.1) is 6.33 Å². The Morgan fingerprint density at radius 1 is 1.29 bits per heavy atom. The van der Waals surface area contributed by atoms with Crippen molar-refractivity contribution in [3.05, 3.63) is 48.5 Å². The summed E-state index contributed by atoms with van der Waals surface area (Å²) in [6.07, 6.45) is 5.49. The van der Waals surface area contributed by atoms with Gasteiger partial charge in [0.2, 0.25) is 0 Å². The third-order valence-corrected chi connectivity index (χ3v) is 2.48. The Bertz CT molecular complexity index is 390. The van der Waals surface area contributed by atoms with Crippen LogP contribution < -0.4 is 0 Å². The van der Waals surface area contributed by atoms with Gasteiger partial charge in [-0.05, 0) is 24.6 Å². The topological polar surface area (TPSA) is 17.8 Å². The normalized spacial score (nSPS) is 12.7. The van der Waals surface area contributed by atoms with Crippen LogP contribution in [0.4, 0.5) is 0 Å². The van der Waals surface area contributed by atoms with Crippen LogP contribution in [-0.4, -0.2) is 9.55 Å². The number of nitrogens with zero attached hydrogens (tertiary/aromatic N) is 2. The monoisotopic (exact) mass is 204 g/mol. The predicted molar refractivity (Wildman–Crippen MR) is 61.0 cm³/mol. The lowest BCUT2D eigenvalue weighted by atomic mass is 10.1. The fourth-order valence-electron chi connectivity index (χ4n) is 1.34. The second-order valence-electron chi connectivity index (χ2n) is 3.24. The van der Waals surface area contributed by atoms with E-state index in [0.717, 1.165) is 5.69 Å². The molecule has 0 aliphatic carbocycles. The largest absolute Gasteiger partial charge is 0.306 e. The molecule has 1 aromatic carbocycles. The number of hydrogen-bond acceptors (Lipinski definition) is 2. The van der Waals surface area contributed by atoms with Crippen LogP contribution in [0.3, 0.4) is 0 Å². The average Bonchev–Trinajstić information content (AvgIpc) is 2.71. The zero-order valence-corrected chi connectivity index (χ0v) is 8.85. The van der Waals surface area contributed by atoms with E-state index in [9.17, 15) is 0 Å². The van der Waals surface area contributed by atoms with Crippen LogP contribution in [0, 0.1) is 0 Å². The van der Waals surface area contributed by atoms with Crippen molar-refractivity contribution in [2.45, 2.75) is 12.2 Å². The summed E-state index contributed by atoms with van der Waals surface area (Å²) in [7, 11) is 0. The molecule has 0 fully saturated rings. The molecular weight excluding hydrogens is 192 g/mol. The van der Waals surface area contributed by atoms with E-state index in [1.165, 1.54) is 5.56 Å².